The summed E-state index contributed by atoms with van der Waals surface area (Å²) in [4.78, 5) is 10.7. The lowest BCUT2D eigenvalue weighted by molar-refractivity contribution is -0.136. The molecule has 5 nitrogen and oxygen atoms in total. The van der Waals surface area contributed by atoms with E-state index in [1.165, 1.54) is 4.31 Å². The number of carboxylic acid groups (broad SMARTS) is 1. The minimum atomic E-state index is -3.20. The first kappa shape index (κ1) is 16.9. The summed E-state index contributed by atoms with van der Waals surface area (Å²) in [7, 11) is -3.20. The number of hydrogen-bond donors (Lipinski definition) is 1. The third-order valence-corrected chi connectivity index (χ3v) is 5.14. The fraction of sp³-hybridized carbons (Fsp3) is 0.462. The molecule has 0 spiro atoms. The summed E-state index contributed by atoms with van der Waals surface area (Å²) in [5.74, 6) is -0.725. The standard InChI is InChI=1S/C13H17NO4S.ClH/c1-2-5-19(17,18)14-8-11-4-3-10(7-13(15)16)6-12(11)9-14;/h3-4,6H,2,5,7-9H2,1H3,(H,15,16);1H. The number of fused-ring (bicyclic) bond motifs is 1. The molecule has 112 valence electrons. The Morgan fingerprint density at radius 3 is 2.55 bits per heavy atom. The maximum absolute atomic E-state index is 12.0. The van der Waals surface area contributed by atoms with Crippen LogP contribution in [0.15, 0.2) is 18.2 Å². The maximum Gasteiger partial charge on any atom is 0.307 e. The lowest BCUT2D eigenvalue weighted by Crippen LogP contribution is -2.27. The van der Waals surface area contributed by atoms with Crippen LogP contribution in [-0.4, -0.2) is 29.6 Å². The van der Waals surface area contributed by atoms with Gasteiger partial charge in [-0.15, -0.1) is 12.4 Å². The Bertz CT molecular complexity index is 600. The van der Waals surface area contributed by atoms with Crippen molar-refractivity contribution < 1.29 is 18.3 Å². The lowest BCUT2D eigenvalue weighted by atomic mass is 10.0. The molecule has 1 N–H and O–H groups in total. The van der Waals surface area contributed by atoms with Gasteiger partial charge in [0.05, 0.1) is 12.2 Å². The van der Waals surface area contributed by atoms with E-state index in [4.69, 9.17) is 5.11 Å². The highest BCUT2D eigenvalue weighted by Gasteiger charge is 2.28. The van der Waals surface area contributed by atoms with Crippen molar-refractivity contribution in [1.29, 1.82) is 0 Å². The molecule has 1 aliphatic rings. The van der Waals surface area contributed by atoms with Crippen LogP contribution in [-0.2, 0) is 34.3 Å². The molecule has 0 radical (unpaired) electrons. The average molecular weight is 320 g/mol. The first-order valence-electron chi connectivity index (χ1n) is 6.22. The number of halogens is 1. The van der Waals surface area contributed by atoms with Gasteiger partial charge in [-0.05, 0) is 23.1 Å². The zero-order valence-electron chi connectivity index (χ0n) is 11.2. The summed E-state index contributed by atoms with van der Waals surface area (Å²) < 4.78 is 25.5. The van der Waals surface area contributed by atoms with Gasteiger partial charge in [0.1, 0.15) is 0 Å². The van der Waals surface area contributed by atoms with Crippen LogP contribution in [0.25, 0.3) is 0 Å². The van der Waals surface area contributed by atoms with Crippen LogP contribution in [0.5, 0.6) is 0 Å². The molecule has 1 aromatic rings. The predicted octanol–water partition coefficient (Wildman–Crippen LogP) is 1.79. The first-order chi connectivity index (χ1) is 8.92. The highest BCUT2D eigenvalue weighted by molar-refractivity contribution is 7.89. The first-order valence-corrected chi connectivity index (χ1v) is 7.83. The Balaban J connectivity index is 0.00000200. The summed E-state index contributed by atoms with van der Waals surface area (Å²) in [6.45, 7) is 2.59. The highest BCUT2D eigenvalue weighted by Crippen LogP contribution is 2.26. The molecule has 0 saturated carbocycles. The second-order valence-corrected chi connectivity index (χ2v) is 6.85. The zero-order chi connectivity index (χ0) is 14.0. The second-order valence-electron chi connectivity index (χ2n) is 4.76. The molecule has 0 aliphatic carbocycles. The molecule has 0 atom stereocenters. The van der Waals surface area contributed by atoms with Crippen molar-refractivity contribution in [2.24, 2.45) is 0 Å². The highest BCUT2D eigenvalue weighted by atomic mass is 35.5. The molecule has 1 aliphatic heterocycles. The Kier molecular flexibility index (Phi) is 5.56. The van der Waals surface area contributed by atoms with Gasteiger partial charge in [-0.25, -0.2) is 8.42 Å². The number of aliphatic carboxylic acids is 1. The van der Waals surface area contributed by atoms with E-state index in [9.17, 15) is 13.2 Å². The largest absolute Gasteiger partial charge is 0.481 e. The van der Waals surface area contributed by atoms with Crippen LogP contribution in [0.1, 0.15) is 30.0 Å². The van der Waals surface area contributed by atoms with Crippen LogP contribution >= 0.6 is 12.4 Å². The number of sulfonamides is 1. The van der Waals surface area contributed by atoms with Crippen LogP contribution in [0, 0.1) is 0 Å². The van der Waals surface area contributed by atoms with Gasteiger partial charge in [-0.2, -0.15) is 4.31 Å². The number of hydrogen-bond acceptors (Lipinski definition) is 3. The fourth-order valence-electron chi connectivity index (χ4n) is 2.28. The van der Waals surface area contributed by atoms with Gasteiger partial charge >= 0.3 is 5.97 Å². The third kappa shape index (κ3) is 3.71. The molecular formula is C13H18ClNO4S. The quantitative estimate of drug-likeness (QED) is 0.898. The van der Waals surface area contributed by atoms with Crippen LogP contribution in [0.4, 0.5) is 0 Å². The van der Waals surface area contributed by atoms with Gasteiger partial charge in [-0.1, -0.05) is 25.1 Å². The number of carboxylic acids is 1. The number of nitrogens with zero attached hydrogens (tertiary/aromatic N) is 1. The smallest absolute Gasteiger partial charge is 0.307 e. The van der Waals surface area contributed by atoms with E-state index >= 15 is 0 Å². The number of carbonyl (C=O) groups is 1. The summed E-state index contributed by atoms with van der Waals surface area (Å²) in [5, 5.41) is 8.76. The van der Waals surface area contributed by atoms with E-state index < -0.39 is 16.0 Å². The molecule has 0 bridgehead atoms. The molecule has 1 heterocycles. The third-order valence-electron chi connectivity index (χ3n) is 3.17. The summed E-state index contributed by atoms with van der Waals surface area (Å²) in [6, 6.07) is 5.38. The lowest BCUT2D eigenvalue weighted by Gasteiger charge is -2.14. The van der Waals surface area contributed by atoms with Gasteiger partial charge in [0.25, 0.3) is 0 Å². The van der Waals surface area contributed by atoms with E-state index in [2.05, 4.69) is 0 Å². The second kappa shape index (κ2) is 6.56. The summed E-state index contributed by atoms with van der Waals surface area (Å²) >= 11 is 0. The summed E-state index contributed by atoms with van der Waals surface area (Å²) in [5.41, 5.74) is 2.59. The molecule has 0 amide bonds. The maximum atomic E-state index is 12.0. The van der Waals surface area contributed by atoms with Crippen LogP contribution < -0.4 is 0 Å². The van der Waals surface area contributed by atoms with Crippen LogP contribution in [0.3, 0.4) is 0 Å². The SMILES string of the molecule is CCCS(=O)(=O)N1Cc2ccc(CC(=O)O)cc2C1.Cl. The number of rotatable bonds is 5. The molecule has 1 aromatic carbocycles. The molecule has 0 aromatic heterocycles. The zero-order valence-corrected chi connectivity index (χ0v) is 12.8. The van der Waals surface area contributed by atoms with Gasteiger partial charge < -0.3 is 5.11 Å². The molecule has 2 rings (SSSR count). The molecule has 20 heavy (non-hydrogen) atoms. The van der Waals surface area contributed by atoms with E-state index in [0.29, 0.717) is 25.1 Å². The normalized spacial score (nSPS) is 14.7. The average Bonchev–Trinajstić information content (AvgIpc) is 2.71. The molecular weight excluding hydrogens is 302 g/mol. The Hall–Kier alpha value is -1.11. The van der Waals surface area contributed by atoms with Crippen LogP contribution in [0.2, 0.25) is 0 Å². The van der Waals surface area contributed by atoms with Crippen molar-refractivity contribution in [3.63, 3.8) is 0 Å². The van der Waals surface area contributed by atoms with Gasteiger partial charge in [0.15, 0.2) is 0 Å². The topological polar surface area (TPSA) is 74.7 Å². The predicted molar refractivity (Wildman–Crippen MR) is 78.4 cm³/mol. The van der Waals surface area contributed by atoms with Crippen molar-refractivity contribution in [3.05, 3.63) is 34.9 Å². The Morgan fingerprint density at radius 2 is 1.95 bits per heavy atom. The van der Waals surface area contributed by atoms with Gasteiger partial charge in [0.2, 0.25) is 10.0 Å². The Morgan fingerprint density at radius 1 is 1.30 bits per heavy atom. The van der Waals surface area contributed by atoms with E-state index in [0.717, 1.165) is 11.1 Å². The van der Waals surface area contributed by atoms with Crippen molar-refractivity contribution >= 4 is 28.4 Å². The van der Waals surface area contributed by atoms with E-state index in [1.54, 1.807) is 12.1 Å². The monoisotopic (exact) mass is 319 g/mol. The van der Waals surface area contributed by atoms with Crippen molar-refractivity contribution in [1.82, 2.24) is 4.31 Å². The molecule has 0 unspecified atom stereocenters. The Labute approximate surface area is 125 Å². The van der Waals surface area contributed by atoms with Crippen molar-refractivity contribution in [3.8, 4) is 0 Å². The summed E-state index contributed by atoms with van der Waals surface area (Å²) in [6.07, 6.45) is 0.564. The molecule has 0 saturated heterocycles. The minimum absolute atomic E-state index is 0. The van der Waals surface area contributed by atoms with Crippen molar-refractivity contribution in [2.45, 2.75) is 32.9 Å². The van der Waals surface area contributed by atoms with Crippen molar-refractivity contribution in [2.75, 3.05) is 5.75 Å². The number of benzene rings is 1. The minimum Gasteiger partial charge on any atom is -0.481 e. The van der Waals surface area contributed by atoms with Gasteiger partial charge in [-0.3, -0.25) is 4.79 Å². The van der Waals surface area contributed by atoms with E-state index in [-0.39, 0.29) is 24.6 Å². The molecule has 7 heteroatoms. The van der Waals surface area contributed by atoms with Gasteiger partial charge in [0, 0.05) is 13.1 Å². The molecule has 0 fully saturated rings. The fourth-order valence-corrected chi connectivity index (χ4v) is 3.73. The van der Waals surface area contributed by atoms with E-state index in [1.807, 2.05) is 13.0 Å².